The van der Waals surface area contributed by atoms with Gasteiger partial charge < -0.3 is 10.6 Å². The molecule has 1 fully saturated rings. The lowest BCUT2D eigenvalue weighted by molar-refractivity contribution is 0.282. The molecule has 1 aliphatic carbocycles. The molecule has 1 aliphatic heterocycles. The van der Waals surface area contributed by atoms with Crippen LogP contribution in [0.5, 0.6) is 0 Å². The Hall–Kier alpha value is -0.260. The molecule has 0 aromatic carbocycles. The zero-order valence-electron chi connectivity index (χ0n) is 11.8. The van der Waals surface area contributed by atoms with Crippen LogP contribution < -0.4 is 10.6 Å². The van der Waals surface area contributed by atoms with E-state index in [0.717, 1.165) is 25.9 Å². The van der Waals surface area contributed by atoms with Crippen LogP contribution in [0.1, 0.15) is 43.3 Å². The quantitative estimate of drug-likeness (QED) is 0.865. The first-order valence-electron chi connectivity index (χ1n) is 7.13. The van der Waals surface area contributed by atoms with Gasteiger partial charge in [-0.2, -0.15) is 11.8 Å². The standard InChI is InChI=1S/C14H23N3S2/c1-14(2)8-10(15)12-11(9-14)16-13(19-12)17-4-3-6-18-7-5-17/h10H,3-9,15H2,1-2H3. The van der Waals surface area contributed by atoms with E-state index in [1.807, 2.05) is 11.3 Å². The highest BCUT2D eigenvalue weighted by molar-refractivity contribution is 7.99. The summed E-state index contributed by atoms with van der Waals surface area (Å²) in [5.41, 5.74) is 7.91. The summed E-state index contributed by atoms with van der Waals surface area (Å²) in [6.07, 6.45) is 3.43. The molecule has 2 heterocycles. The average Bonchev–Trinajstić information content (AvgIpc) is 2.58. The summed E-state index contributed by atoms with van der Waals surface area (Å²) >= 11 is 3.90. The van der Waals surface area contributed by atoms with E-state index in [1.54, 1.807) is 0 Å². The maximum Gasteiger partial charge on any atom is 0.185 e. The van der Waals surface area contributed by atoms with Crippen LogP contribution in [0.15, 0.2) is 0 Å². The van der Waals surface area contributed by atoms with Gasteiger partial charge in [0.15, 0.2) is 5.13 Å². The third-order valence-corrected chi connectivity index (χ3v) is 6.30. The van der Waals surface area contributed by atoms with Crippen molar-refractivity contribution in [1.82, 2.24) is 4.98 Å². The highest BCUT2D eigenvalue weighted by Crippen LogP contribution is 2.43. The lowest BCUT2D eigenvalue weighted by atomic mass is 9.77. The second kappa shape index (κ2) is 5.26. The average molecular weight is 297 g/mol. The van der Waals surface area contributed by atoms with Gasteiger partial charge in [0.1, 0.15) is 0 Å². The Kier molecular flexibility index (Phi) is 3.80. The molecule has 19 heavy (non-hydrogen) atoms. The Morgan fingerprint density at radius 2 is 2.16 bits per heavy atom. The smallest absolute Gasteiger partial charge is 0.185 e. The topological polar surface area (TPSA) is 42.2 Å². The summed E-state index contributed by atoms with van der Waals surface area (Å²) < 4.78 is 0. The molecule has 1 saturated heterocycles. The molecule has 2 N–H and O–H groups in total. The van der Waals surface area contributed by atoms with Gasteiger partial charge in [0.05, 0.1) is 5.69 Å². The van der Waals surface area contributed by atoms with Crippen molar-refractivity contribution in [2.45, 2.75) is 39.2 Å². The summed E-state index contributed by atoms with van der Waals surface area (Å²) in [5, 5.41) is 1.21. The Morgan fingerprint density at radius 1 is 1.32 bits per heavy atom. The van der Waals surface area contributed by atoms with Gasteiger partial charge in [0.2, 0.25) is 0 Å². The molecule has 0 saturated carbocycles. The lowest BCUT2D eigenvalue weighted by Crippen LogP contribution is -2.29. The highest BCUT2D eigenvalue weighted by Gasteiger charge is 2.33. The molecule has 1 aromatic heterocycles. The van der Waals surface area contributed by atoms with Crippen LogP contribution in [0.4, 0.5) is 5.13 Å². The minimum Gasteiger partial charge on any atom is -0.347 e. The van der Waals surface area contributed by atoms with Crippen molar-refractivity contribution < 1.29 is 0 Å². The molecule has 1 atom stereocenters. The van der Waals surface area contributed by atoms with E-state index in [4.69, 9.17) is 10.7 Å². The van der Waals surface area contributed by atoms with Gasteiger partial charge >= 0.3 is 0 Å². The summed E-state index contributed by atoms with van der Waals surface area (Å²) in [6, 6.07) is 0.186. The fraction of sp³-hybridized carbons (Fsp3) is 0.786. The Balaban J connectivity index is 1.85. The molecule has 3 rings (SSSR count). The largest absolute Gasteiger partial charge is 0.347 e. The maximum atomic E-state index is 6.34. The fourth-order valence-corrected chi connectivity index (χ4v) is 5.07. The van der Waals surface area contributed by atoms with E-state index < -0.39 is 0 Å². The van der Waals surface area contributed by atoms with E-state index in [9.17, 15) is 0 Å². The van der Waals surface area contributed by atoms with E-state index >= 15 is 0 Å². The molecule has 0 amide bonds. The molecular formula is C14H23N3S2. The van der Waals surface area contributed by atoms with Gasteiger partial charge in [-0.15, -0.1) is 0 Å². The van der Waals surface area contributed by atoms with E-state index in [0.29, 0.717) is 5.41 Å². The van der Waals surface area contributed by atoms with Gasteiger partial charge in [-0.25, -0.2) is 4.98 Å². The van der Waals surface area contributed by atoms with E-state index in [1.165, 1.54) is 33.6 Å². The molecule has 0 spiro atoms. The number of aromatic nitrogens is 1. The molecular weight excluding hydrogens is 274 g/mol. The second-order valence-electron chi connectivity index (χ2n) is 6.41. The molecule has 0 radical (unpaired) electrons. The first-order chi connectivity index (χ1) is 9.05. The predicted octanol–water partition coefficient (Wildman–Crippen LogP) is 3.06. The van der Waals surface area contributed by atoms with E-state index in [-0.39, 0.29) is 6.04 Å². The Labute approximate surface area is 124 Å². The summed E-state index contributed by atoms with van der Waals surface area (Å²) in [7, 11) is 0. The van der Waals surface area contributed by atoms with Crippen molar-refractivity contribution in [2.24, 2.45) is 11.1 Å². The number of rotatable bonds is 1. The molecule has 0 bridgehead atoms. The van der Waals surface area contributed by atoms with Crippen molar-refractivity contribution in [3.8, 4) is 0 Å². The zero-order chi connectivity index (χ0) is 13.5. The number of nitrogens with zero attached hydrogens (tertiary/aromatic N) is 2. The summed E-state index contributed by atoms with van der Waals surface area (Å²) in [4.78, 5) is 8.72. The van der Waals surface area contributed by atoms with Crippen molar-refractivity contribution in [1.29, 1.82) is 0 Å². The highest BCUT2D eigenvalue weighted by atomic mass is 32.2. The zero-order valence-corrected chi connectivity index (χ0v) is 13.4. The van der Waals surface area contributed by atoms with Crippen molar-refractivity contribution >= 4 is 28.2 Å². The number of thiazole rings is 1. The first-order valence-corrected chi connectivity index (χ1v) is 9.10. The number of fused-ring (bicyclic) bond motifs is 1. The van der Waals surface area contributed by atoms with Gasteiger partial charge in [-0.05, 0) is 30.4 Å². The lowest BCUT2D eigenvalue weighted by Gasteiger charge is -2.32. The molecule has 106 valence electrons. The number of thioether (sulfide) groups is 1. The molecule has 1 aromatic rings. The van der Waals surface area contributed by atoms with Crippen LogP contribution in [0.3, 0.4) is 0 Å². The van der Waals surface area contributed by atoms with Crippen molar-refractivity contribution in [3.05, 3.63) is 10.6 Å². The molecule has 1 unspecified atom stereocenters. The third-order valence-electron chi connectivity index (χ3n) is 3.96. The summed E-state index contributed by atoms with van der Waals surface area (Å²) in [6.45, 7) is 6.89. The first kappa shape index (κ1) is 13.7. The normalized spacial score (nSPS) is 26.9. The van der Waals surface area contributed by atoms with Gasteiger partial charge in [0, 0.05) is 29.8 Å². The van der Waals surface area contributed by atoms with Gasteiger partial charge in [-0.3, -0.25) is 0 Å². The van der Waals surface area contributed by atoms with Crippen LogP contribution >= 0.6 is 23.1 Å². The minimum atomic E-state index is 0.186. The van der Waals surface area contributed by atoms with Crippen LogP contribution in [0.25, 0.3) is 0 Å². The number of nitrogens with two attached hydrogens (primary N) is 1. The number of hydrogen-bond donors (Lipinski definition) is 1. The molecule has 3 nitrogen and oxygen atoms in total. The van der Waals surface area contributed by atoms with Crippen LogP contribution in [-0.2, 0) is 6.42 Å². The number of hydrogen-bond acceptors (Lipinski definition) is 5. The summed E-state index contributed by atoms with van der Waals surface area (Å²) in [5.74, 6) is 2.51. The third kappa shape index (κ3) is 2.93. The van der Waals surface area contributed by atoms with Gasteiger partial charge in [-0.1, -0.05) is 25.2 Å². The monoisotopic (exact) mass is 297 g/mol. The van der Waals surface area contributed by atoms with Crippen LogP contribution in [0, 0.1) is 5.41 Å². The maximum absolute atomic E-state index is 6.34. The van der Waals surface area contributed by atoms with Crippen LogP contribution in [-0.4, -0.2) is 29.6 Å². The Bertz CT molecular complexity index is 448. The van der Waals surface area contributed by atoms with Crippen molar-refractivity contribution in [3.63, 3.8) is 0 Å². The van der Waals surface area contributed by atoms with Crippen molar-refractivity contribution in [2.75, 3.05) is 29.5 Å². The fourth-order valence-electron chi connectivity index (χ4n) is 3.05. The second-order valence-corrected chi connectivity index (χ2v) is 8.65. The minimum absolute atomic E-state index is 0.186. The molecule has 2 aliphatic rings. The van der Waals surface area contributed by atoms with Crippen LogP contribution in [0.2, 0.25) is 0 Å². The SMILES string of the molecule is CC1(C)Cc2nc(N3CCCSCC3)sc2C(N)C1. The van der Waals surface area contributed by atoms with Gasteiger partial charge in [0.25, 0.3) is 0 Å². The predicted molar refractivity (Wildman–Crippen MR) is 85.3 cm³/mol. The Morgan fingerprint density at radius 3 is 3.00 bits per heavy atom. The number of anilines is 1. The molecule has 5 heteroatoms. The van der Waals surface area contributed by atoms with E-state index in [2.05, 4.69) is 30.5 Å².